The van der Waals surface area contributed by atoms with Crippen LogP contribution in [0.2, 0.25) is 0 Å². The number of rotatable bonds is 6. The number of methoxy groups -OCH3 is 1. The van der Waals surface area contributed by atoms with Crippen LogP contribution in [-0.4, -0.2) is 38.4 Å². The second-order valence-electron chi connectivity index (χ2n) is 4.06. The molecule has 0 N–H and O–H groups in total. The highest BCUT2D eigenvalue weighted by Crippen LogP contribution is 2.13. The van der Waals surface area contributed by atoms with E-state index in [0.29, 0.717) is 6.42 Å². The summed E-state index contributed by atoms with van der Waals surface area (Å²) in [5.41, 5.74) is 0.763. The van der Waals surface area contributed by atoms with Crippen molar-refractivity contribution in [3.8, 4) is 5.75 Å². The van der Waals surface area contributed by atoms with Gasteiger partial charge in [0.15, 0.2) is 5.78 Å². The molecular weight excluding hydrogens is 202 g/mol. The fourth-order valence-corrected chi connectivity index (χ4v) is 1.48. The molecule has 0 aliphatic heterocycles. The van der Waals surface area contributed by atoms with E-state index >= 15 is 0 Å². The van der Waals surface area contributed by atoms with Gasteiger partial charge in [0, 0.05) is 12.0 Å². The predicted molar refractivity (Wildman–Crippen MR) is 65.1 cm³/mol. The van der Waals surface area contributed by atoms with Crippen LogP contribution in [0.15, 0.2) is 24.3 Å². The third-order valence-corrected chi connectivity index (χ3v) is 2.42. The number of ether oxygens (including phenoxy) is 1. The Balaban J connectivity index is 2.46. The van der Waals surface area contributed by atoms with Gasteiger partial charge in [-0.25, -0.2) is 0 Å². The molecule has 0 aliphatic rings. The van der Waals surface area contributed by atoms with Gasteiger partial charge in [0.1, 0.15) is 5.75 Å². The monoisotopic (exact) mass is 221 g/mol. The zero-order valence-electron chi connectivity index (χ0n) is 10.2. The fraction of sp³-hybridized carbons (Fsp3) is 0.462. The molecule has 0 unspecified atom stereocenters. The van der Waals surface area contributed by atoms with E-state index in [1.54, 1.807) is 7.11 Å². The van der Waals surface area contributed by atoms with Crippen LogP contribution in [0.3, 0.4) is 0 Å². The highest BCUT2D eigenvalue weighted by Gasteiger charge is 2.05. The van der Waals surface area contributed by atoms with Gasteiger partial charge in [-0.2, -0.15) is 0 Å². The fourth-order valence-electron chi connectivity index (χ4n) is 1.48. The zero-order chi connectivity index (χ0) is 12.0. The predicted octanol–water partition coefficient (Wildman–Crippen LogP) is 2.22. The van der Waals surface area contributed by atoms with Crippen LogP contribution >= 0.6 is 0 Å². The Morgan fingerprint density at radius 2 is 1.88 bits per heavy atom. The number of hydrogen-bond donors (Lipinski definition) is 0. The Morgan fingerprint density at radius 1 is 1.25 bits per heavy atom. The molecule has 1 rings (SSSR count). The Labute approximate surface area is 97.0 Å². The van der Waals surface area contributed by atoms with Crippen molar-refractivity contribution in [1.29, 1.82) is 0 Å². The van der Waals surface area contributed by atoms with E-state index in [1.165, 1.54) is 0 Å². The molecule has 0 radical (unpaired) electrons. The van der Waals surface area contributed by atoms with Gasteiger partial charge in [-0.3, -0.25) is 4.79 Å². The summed E-state index contributed by atoms with van der Waals surface area (Å²) in [6.45, 7) is 0.946. The summed E-state index contributed by atoms with van der Waals surface area (Å²) < 4.78 is 5.04. The number of carbonyl (C=O) groups excluding carboxylic acids is 1. The Kier molecular flexibility index (Phi) is 4.99. The SMILES string of the molecule is COc1ccc(C(=O)CCCN(C)C)cc1. The van der Waals surface area contributed by atoms with Gasteiger partial charge < -0.3 is 9.64 Å². The summed E-state index contributed by atoms with van der Waals surface area (Å²) in [7, 11) is 5.64. The van der Waals surface area contributed by atoms with E-state index in [9.17, 15) is 4.79 Å². The molecule has 0 aliphatic carbocycles. The minimum atomic E-state index is 0.199. The van der Waals surface area contributed by atoms with Crippen molar-refractivity contribution >= 4 is 5.78 Å². The smallest absolute Gasteiger partial charge is 0.162 e. The van der Waals surface area contributed by atoms with E-state index in [4.69, 9.17) is 4.74 Å². The molecule has 0 fully saturated rings. The molecule has 0 atom stereocenters. The van der Waals surface area contributed by atoms with E-state index in [0.717, 1.165) is 24.3 Å². The molecular formula is C13H19NO2. The first-order valence-corrected chi connectivity index (χ1v) is 5.45. The molecule has 0 saturated heterocycles. The molecule has 16 heavy (non-hydrogen) atoms. The number of benzene rings is 1. The van der Waals surface area contributed by atoms with Gasteiger partial charge in [-0.1, -0.05) is 0 Å². The second kappa shape index (κ2) is 6.28. The van der Waals surface area contributed by atoms with Crippen molar-refractivity contribution in [3.63, 3.8) is 0 Å². The normalized spacial score (nSPS) is 10.5. The van der Waals surface area contributed by atoms with Crippen LogP contribution in [0, 0.1) is 0 Å². The third-order valence-electron chi connectivity index (χ3n) is 2.42. The molecule has 0 spiro atoms. The number of hydrogen-bond acceptors (Lipinski definition) is 3. The lowest BCUT2D eigenvalue weighted by molar-refractivity contribution is 0.0977. The summed E-state index contributed by atoms with van der Waals surface area (Å²) in [6, 6.07) is 7.27. The highest BCUT2D eigenvalue weighted by molar-refractivity contribution is 5.96. The number of ketones is 1. The van der Waals surface area contributed by atoms with Crippen molar-refractivity contribution < 1.29 is 9.53 Å². The minimum absolute atomic E-state index is 0.199. The number of carbonyl (C=O) groups is 1. The zero-order valence-corrected chi connectivity index (χ0v) is 10.2. The van der Waals surface area contributed by atoms with Crippen LogP contribution in [0.25, 0.3) is 0 Å². The lowest BCUT2D eigenvalue weighted by Crippen LogP contribution is -2.14. The Hall–Kier alpha value is -1.35. The van der Waals surface area contributed by atoms with E-state index < -0.39 is 0 Å². The van der Waals surface area contributed by atoms with Crippen molar-refractivity contribution in [2.45, 2.75) is 12.8 Å². The lowest BCUT2D eigenvalue weighted by Gasteiger charge is -2.08. The molecule has 1 aromatic carbocycles. The lowest BCUT2D eigenvalue weighted by atomic mass is 10.1. The van der Waals surface area contributed by atoms with Gasteiger partial charge in [0.05, 0.1) is 7.11 Å². The molecule has 0 heterocycles. The van der Waals surface area contributed by atoms with Gasteiger partial charge in [0.25, 0.3) is 0 Å². The Morgan fingerprint density at radius 3 is 2.38 bits per heavy atom. The summed E-state index contributed by atoms with van der Waals surface area (Å²) in [5, 5.41) is 0. The first kappa shape index (κ1) is 12.7. The molecule has 3 nitrogen and oxygen atoms in total. The van der Waals surface area contributed by atoms with Gasteiger partial charge in [0.2, 0.25) is 0 Å². The molecule has 3 heteroatoms. The van der Waals surface area contributed by atoms with E-state index in [2.05, 4.69) is 4.90 Å². The van der Waals surface area contributed by atoms with E-state index in [1.807, 2.05) is 38.4 Å². The number of nitrogens with zero attached hydrogens (tertiary/aromatic N) is 1. The van der Waals surface area contributed by atoms with Crippen LogP contribution in [-0.2, 0) is 0 Å². The van der Waals surface area contributed by atoms with Crippen LogP contribution in [0.1, 0.15) is 23.2 Å². The maximum Gasteiger partial charge on any atom is 0.162 e. The second-order valence-corrected chi connectivity index (χ2v) is 4.06. The summed E-state index contributed by atoms with van der Waals surface area (Å²) in [4.78, 5) is 13.9. The maximum atomic E-state index is 11.8. The summed E-state index contributed by atoms with van der Waals surface area (Å²) in [6.07, 6.45) is 1.50. The van der Waals surface area contributed by atoms with Crippen molar-refractivity contribution in [2.24, 2.45) is 0 Å². The molecule has 0 saturated carbocycles. The molecule has 0 bridgehead atoms. The van der Waals surface area contributed by atoms with Gasteiger partial charge in [-0.05, 0) is 51.3 Å². The third kappa shape index (κ3) is 4.03. The minimum Gasteiger partial charge on any atom is -0.497 e. The van der Waals surface area contributed by atoms with Crippen molar-refractivity contribution in [2.75, 3.05) is 27.7 Å². The number of Topliss-reactive ketones (excluding diaryl/α,β-unsaturated/α-hetero) is 1. The molecule has 0 aromatic heterocycles. The first-order chi connectivity index (χ1) is 7.63. The largest absolute Gasteiger partial charge is 0.497 e. The summed E-state index contributed by atoms with van der Waals surface area (Å²) >= 11 is 0. The maximum absolute atomic E-state index is 11.8. The average Bonchev–Trinajstić information content (AvgIpc) is 2.28. The van der Waals surface area contributed by atoms with E-state index in [-0.39, 0.29) is 5.78 Å². The molecule has 0 amide bonds. The van der Waals surface area contributed by atoms with Gasteiger partial charge in [-0.15, -0.1) is 0 Å². The van der Waals surface area contributed by atoms with Crippen LogP contribution < -0.4 is 4.74 Å². The van der Waals surface area contributed by atoms with Crippen molar-refractivity contribution in [3.05, 3.63) is 29.8 Å². The first-order valence-electron chi connectivity index (χ1n) is 5.45. The quantitative estimate of drug-likeness (QED) is 0.690. The highest BCUT2D eigenvalue weighted by atomic mass is 16.5. The van der Waals surface area contributed by atoms with Crippen LogP contribution in [0.5, 0.6) is 5.75 Å². The average molecular weight is 221 g/mol. The summed E-state index contributed by atoms with van der Waals surface area (Å²) in [5.74, 6) is 0.981. The molecule has 88 valence electrons. The standard InChI is InChI=1S/C13H19NO2/c1-14(2)10-4-5-13(15)11-6-8-12(16-3)9-7-11/h6-9H,4-5,10H2,1-3H3. The molecule has 1 aromatic rings. The Bertz CT molecular complexity index is 330. The van der Waals surface area contributed by atoms with Crippen LogP contribution in [0.4, 0.5) is 0 Å². The topological polar surface area (TPSA) is 29.5 Å². The van der Waals surface area contributed by atoms with Crippen molar-refractivity contribution in [1.82, 2.24) is 4.90 Å². The van der Waals surface area contributed by atoms with Gasteiger partial charge >= 0.3 is 0 Å².